The summed E-state index contributed by atoms with van der Waals surface area (Å²) in [7, 11) is 0. The molecule has 0 amide bonds. The fraction of sp³-hybridized carbons (Fsp3) is 0. The van der Waals surface area contributed by atoms with Crippen molar-refractivity contribution in [1.29, 1.82) is 0 Å². The lowest BCUT2D eigenvalue weighted by atomic mass is 10.0. The topological polar surface area (TPSA) is 51.5 Å². The molecule has 0 aliphatic carbocycles. The molecule has 23 heavy (non-hydrogen) atoms. The first kappa shape index (κ1) is 13.4. The van der Waals surface area contributed by atoms with Crippen molar-refractivity contribution in [2.45, 2.75) is 0 Å². The van der Waals surface area contributed by atoms with Crippen molar-refractivity contribution in [3.63, 3.8) is 0 Å². The SMILES string of the molecule is O=C1OC(c2cccc3ccccc23)=NC1=Cc1cccnc1. The molecule has 0 atom stereocenters. The molecule has 2 heterocycles. The summed E-state index contributed by atoms with van der Waals surface area (Å²) >= 11 is 0. The first-order valence-corrected chi connectivity index (χ1v) is 7.22. The lowest BCUT2D eigenvalue weighted by molar-refractivity contribution is -0.129. The predicted molar refractivity (Wildman–Crippen MR) is 88.8 cm³/mol. The number of hydrogen-bond donors (Lipinski definition) is 0. The van der Waals surface area contributed by atoms with Gasteiger partial charge in [0.25, 0.3) is 0 Å². The van der Waals surface area contributed by atoms with Crippen LogP contribution in [-0.4, -0.2) is 16.9 Å². The number of pyridine rings is 1. The van der Waals surface area contributed by atoms with Crippen molar-refractivity contribution < 1.29 is 9.53 Å². The van der Waals surface area contributed by atoms with Gasteiger partial charge in [0.2, 0.25) is 5.90 Å². The molecule has 0 bridgehead atoms. The fourth-order valence-corrected chi connectivity index (χ4v) is 2.56. The van der Waals surface area contributed by atoms with E-state index in [0.717, 1.165) is 21.9 Å². The normalized spacial score (nSPS) is 15.7. The molecule has 0 fully saturated rings. The summed E-state index contributed by atoms with van der Waals surface area (Å²) in [4.78, 5) is 20.5. The summed E-state index contributed by atoms with van der Waals surface area (Å²) in [6, 6.07) is 17.5. The summed E-state index contributed by atoms with van der Waals surface area (Å²) in [6.45, 7) is 0. The highest BCUT2D eigenvalue weighted by atomic mass is 16.6. The van der Waals surface area contributed by atoms with E-state index in [2.05, 4.69) is 9.98 Å². The van der Waals surface area contributed by atoms with Crippen LogP contribution in [0.15, 0.2) is 77.7 Å². The summed E-state index contributed by atoms with van der Waals surface area (Å²) in [6.07, 6.45) is 5.03. The van der Waals surface area contributed by atoms with Gasteiger partial charge >= 0.3 is 5.97 Å². The summed E-state index contributed by atoms with van der Waals surface area (Å²) in [5.41, 5.74) is 1.90. The molecule has 2 aromatic carbocycles. The van der Waals surface area contributed by atoms with Crippen molar-refractivity contribution in [2.75, 3.05) is 0 Å². The van der Waals surface area contributed by atoms with Crippen LogP contribution in [0.4, 0.5) is 0 Å². The average molecular weight is 300 g/mol. The van der Waals surface area contributed by atoms with E-state index < -0.39 is 5.97 Å². The average Bonchev–Trinajstić information content (AvgIpc) is 2.96. The molecule has 0 spiro atoms. The van der Waals surface area contributed by atoms with Crippen LogP contribution in [0.5, 0.6) is 0 Å². The number of carbonyl (C=O) groups is 1. The zero-order valence-corrected chi connectivity index (χ0v) is 12.1. The minimum atomic E-state index is -0.447. The van der Waals surface area contributed by atoms with E-state index in [4.69, 9.17) is 4.74 Å². The Labute approximate surface area is 132 Å². The standard InChI is InChI=1S/C19H12N2O2/c22-19-17(11-13-5-4-10-20-12-13)21-18(23-19)16-9-3-7-14-6-1-2-8-15(14)16/h1-12H. The Morgan fingerprint density at radius 1 is 0.957 bits per heavy atom. The van der Waals surface area contributed by atoms with Crippen molar-refractivity contribution >= 4 is 28.7 Å². The maximum atomic E-state index is 12.1. The molecule has 4 nitrogen and oxygen atoms in total. The molecule has 4 rings (SSSR count). The van der Waals surface area contributed by atoms with Crippen LogP contribution >= 0.6 is 0 Å². The van der Waals surface area contributed by atoms with Gasteiger partial charge in [0.15, 0.2) is 5.70 Å². The Morgan fingerprint density at radius 2 is 1.83 bits per heavy atom. The maximum Gasteiger partial charge on any atom is 0.363 e. The highest BCUT2D eigenvalue weighted by Crippen LogP contribution is 2.24. The minimum absolute atomic E-state index is 0.279. The van der Waals surface area contributed by atoms with Crippen LogP contribution < -0.4 is 0 Å². The second kappa shape index (κ2) is 5.50. The molecule has 0 saturated heterocycles. The third kappa shape index (κ3) is 2.51. The Balaban J connectivity index is 1.79. The number of aromatic nitrogens is 1. The van der Waals surface area contributed by atoms with Gasteiger partial charge in [-0.25, -0.2) is 9.79 Å². The Bertz CT molecular complexity index is 954. The van der Waals surface area contributed by atoms with Crippen LogP contribution in [0.25, 0.3) is 16.8 Å². The van der Waals surface area contributed by atoms with E-state index >= 15 is 0 Å². The molecule has 0 N–H and O–H groups in total. The summed E-state index contributed by atoms with van der Waals surface area (Å²) in [5.74, 6) is -0.112. The summed E-state index contributed by atoms with van der Waals surface area (Å²) < 4.78 is 5.36. The highest BCUT2D eigenvalue weighted by Gasteiger charge is 2.25. The number of cyclic esters (lactones) is 1. The van der Waals surface area contributed by atoms with Gasteiger partial charge in [-0.05, 0) is 34.5 Å². The van der Waals surface area contributed by atoms with E-state index in [-0.39, 0.29) is 5.70 Å². The van der Waals surface area contributed by atoms with E-state index in [1.165, 1.54) is 0 Å². The third-order valence-corrected chi connectivity index (χ3v) is 3.63. The van der Waals surface area contributed by atoms with Gasteiger partial charge in [0.1, 0.15) is 0 Å². The summed E-state index contributed by atoms with van der Waals surface area (Å²) in [5, 5.41) is 2.08. The molecule has 1 aliphatic rings. The van der Waals surface area contributed by atoms with E-state index in [1.54, 1.807) is 18.5 Å². The number of carbonyl (C=O) groups excluding carboxylic acids is 1. The smallest absolute Gasteiger partial charge is 0.363 e. The number of nitrogens with zero attached hydrogens (tertiary/aromatic N) is 2. The van der Waals surface area contributed by atoms with Gasteiger partial charge in [0, 0.05) is 18.0 Å². The lowest BCUT2D eigenvalue weighted by Crippen LogP contribution is -2.05. The van der Waals surface area contributed by atoms with Crippen molar-refractivity contribution in [3.05, 3.63) is 83.8 Å². The monoisotopic (exact) mass is 300 g/mol. The number of esters is 1. The zero-order chi connectivity index (χ0) is 15.6. The predicted octanol–water partition coefficient (Wildman–Crippen LogP) is 3.58. The molecule has 1 aliphatic heterocycles. The molecular formula is C19H12N2O2. The first-order valence-electron chi connectivity index (χ1n) is 7.22. The Hall–Kier alpha value is -3.27. The third-order valence-electron chi connectivity index (χ3n) is 3.63. The zero-order valence-electron chi connectivity index (χ0n) is 12.1. The number of benzene rings is 2. The van der Waals surface area contributed by atoms with E-state index in [1.807, 2.05) is 54.6 Å². The number of fused-ring (bicyclic) bond motifs is 1. The van der Waals surface area contributed by atoms with Crippen molar-refractivity contribution in [1.82, 2.24) is 4.98 Å². The van der Waals surface area contributed by atoms with Crippen LogP contribution in [0, 0.1) is 0 Å². The highest BCUT2D eigenvalue weighted by molar-refractivity contribution is 6.17. The van der Waals surface area contributed by atoms with Gasteiger partial charge in [0.05, 0.1) is 0 Å². The maximum absolute atomic E-state index is 12.1. The molecule has 1 aromatic heterocycles. The second-order valence-electron chi connectivity index (χ2n) is 5.15. The van der Waals surface area contributed by atoms with Crippen LogP contribution in [-0.2, 0) is 9.53 Å². The Kier molecular flexibility index (Phi) is 3.20. The van der Waals surface area contributed by atoms with Gasteiger partial charge in [-0.2, -0.15) is 0 Å². The van der Waals surface area contributed by atoms with Crippen molar-refractivity contribution in [3.8, 4) is 0 Å². The van der Waals surface area contributed by atoms with E-state index in [0.29, 0.717) is 5.90 Å². The number of rotatable bonds is 2. The number of hydrogen-bond acceptors (Lipinski definition) is 4. The lowest BCUT2D eigenvalue weighted by Gasteiger charge is -2.04. The molecule has 0 radical (unpaired) electrons. The van der Waals surface area contributed by atoms with Crippen LogP contribution in [0.2, 0.25) is 0 Å². The number of ether oxygens (including phenoxy) is 1. The van der Waals surface area contributed by atoms with Crippen LogP contribution in [0.1, 0.15) is 11.1 Å². The molecular weight excluding hydrogens is 288 g/mol. The van der Waals surface area contributed by atoms with E-state index in [9.17, 15) is 4.79 Å². The molecule has 0 unspecified atom stereocenters. The fourth-order valence-electron chi connectivity index (χ4n) is 2.56. The van der Waals surface area contributed by atoms with Crippen molar-refractivity contribution in [2.24, 2.45) is 4.99 Å². The molecule has 0 saturated carbocycles. The quantitative estimate of drug-likeness (QED) is 0.537. The van der Waals surface area contributed by atoms with Gasteiger partial charge < -0.3 is 4.74 Å². The van der Waals surface area contributed by atoms with Gasteiger partial charge in [-0.3, -0.25) is 4.98 Å². The molecule has 110 valence electrons. The number of aliphatic imine (C=N–C) groups is 1. The first-order chi connectivity index (χ1) is 11.3. The Morgan fingerprint density at radius 3 is 2.70 bits per heavy atom. The van der Waals surface area contributed by atoms with Gasteiger partial charge in [-0.1, -0.05) is 42.5 Å². The van der Waals surface area contributed by atoms with Gasteiger partial charge in [-0.15, -0.1) is 0 Å². The van der Waals surface area contributed by atoms with Crippen LogP contribution in [0.3, 0.4) is 0 Å². The largest absolute Gasteiger partial charge is 0.402 e. The molecule has 4 heteroatoms. The minimum Gasteiger partial charge on any atom is -0.402 e. The molecule has 3 aromatic rings. The second-order valence-corrected chi connectivity index (χ2v) is 5.15.